The predicted molar refractivity (Wildman–Crippen MR) is 97.1 cm³/mol. The Balaban J connectivity index is 1.45. The number of rotatable bonds is 6. The minimum atomic E-state index is -3.12. The average Bonchev–Trinajstić information content (AvgIpc) is 3.12. The number of hydrogen-bond acceptors (Lipinski definition) is 6. The van der Waals surface area contributed by atoms with Crippen molar-refractivity contribution in [3.05, 3.63) is 42.1 Å². The van der Waals surface area contributed by atoms with Crippen LogP contribution < -0.4 is 5.32 Å². The van der Waals surface area contributed by atoms with Gasteiger partial charge in [-0.05, 0) is 0 Å². The monoisotopic (exact) mass is 378 g/mol. The lowest BCUT2D eigenvalue weighted by Gasteiger charge is -2.33. The molecule has 0 atom stereocenters. The first-order chi connectivity index (χ1) is 12.4. The van der Waals surface area contributed by atoms with Crippen LogP contribution in [0.3, 0.4) is 0 Å². The molecular formula is C17H22N4O4S. The molecule has 0 saturated carbocycles. The maximum absolute atomic E-state index is 12.2. The van der Waals surface area contributed by atoms with E-state index in [1.807, 2.05) is 30.3 Å². The molecule has 0 radical (unpaired) electrons. The molecule has 1 aliphatic rings. The number of carbonyl (C=O) groups is 1. The van der Waals surface area contributed by atoms with Crippen LogP contribution in [0.4, 0.5) is 0 Å². The van der Waals surface area contributed by atoms with Crippen LogP contribution in [0.15, 0.2) is 40.9 Å². The second-order valence-corrected chi connectivity index (χ2v) is 8.18. The molecule has 0 aliphatic carbocycles. The molecule has 9 heteroatoms. The number of aromatic nitrogens is 1. The summed E-state index contributed by atoms with van der Waals surface area (Å²) >= 11 is 0. The highest BCUT2D eigenvalue weighted by Crippen LogP contribution is 2.19. The fourth-order valence-corrected chi connectivity index (χ4v) is 3.65. The highest BCUT2D eigenvalue weighted by atomic mass is 32.2. The van der Waals surface area contributed by atoms with Crippen molar-refractivity contribution in [2.75, 3.05) is 45.5 Å². The largest absolute Gasteiger partial charge is 0.355 e. The van der Waals surface area contributed by atoms with Crippen LogP contribution in [0, 0.1) is 0 Å². The van der Waals surface area contributed by atoms with Crippen LogP contribution in [0.1, 0.15) is 10.5 Å². The van der Waals surface area contributed by atoms with E-state index in [0.29, 0.717) is 45.0 Å². The van der Waals surface area contributed by atoms with Gasteiger partial charge in [-0.1, -0.05) is 35.5 Å². The first-order valence-electron chi connectivity index (χ1n) is 8.41. The van der Waals surface area contributed by atoms with Gasteiger partial charge in [-0.2, -0.15) is 4.31 Å². The summed E-state index contributed by atoms with van der Waals surface area (Å²) in [6.45, 7) is 3.40. The molecule has 1 aromatic carbocycles. The normalized spacial score (nSPS) is 16.5. The van der Waals surface area contributed by atoms with E-state index in [2.05, 4.69) is 15.4 Å². The lowest BCUT2D eigenvalue weighted by Crippen LogP contribution is -2.49. The molecule has 1 aromatic heterocycles. The second kappa shape index (κ2) is 7.98. The second-order valence-electron chi connectivity index (χ2n) is 6.20. The van der Waals surface area contributed by atoms with Gasteiger partial charge in [-0.3, -0.25) is 9.69 Å². The number of nitrogens with one attached hydrogen (secondary N) is 1. The zero-order chi connectivity index (χ0) is 18.6. The number of hydrogen-bond donors (Lipinski definition) is 1. The quantitative estimate of drug-likeness (QED) is 0.793. The zero-order valence-electron chi connectivity index (χ0n) is 14.6. The molecule has 8 nitrogen and oxygen atoms in total. The van der Waals surface area contributed by atoms with Crippen molar-refractivity contribution in [2.45, 2.75) is 0 Å². The van der Waals surface area contributed by atoms with Crippen molar-refractivity contribution in [3.63, 3.8) is 0 Å². The summed E-state index contributed by atoms with van der Waals surface area (Å²) in [7, 11) is -3.12. The minimum Gasteiger partial charge on any atom is -0.355 e. The first kappa shape index (κ1) is 18.6. The molecule has 3 rings (SSSR count). The van der Waals surface area contributed by atoms with Crippen LogP contribution >= 0.6 is 0 Å². The molecule has 26 heavy (non-hydrogen) atoms. The number of amides is 1. The third-order valence-corrected chi connectivity index (χ3v) is 5.62. The van der Waals surface area contributed by atoms with Gasteiger partial charge in [0, 0.05) is 50.9 Å². The number of nitrogens with zero attached hydrogens (tertiary/aromatic N) is 3. The Bertz CT molecular complexity index is 843. The summed E-state index contributed by atoms with van der Waals surface area (Å²) in [5.74, 6) is 0.262. The Labute approximate surface area is 152 Å². The molecule has 0 spiro atoms. The summed E-state index contributed by atoms with van der Waals surface area (Å²) in [6.07, 6.45) is 1.23. The van der Waals surface area contributed by atoms with E-state index >= 15 is 0 Å². The Morgan fingerprint density at radius 3 is 2.54 bits per heavy atom. The summed E-state index contributed by atoms with van der Waals surface area (Å²) in [4.78, 5) is 14.3. The molecule has 2 heterocycles. The molecule has 140 valence electrons. The van der Waals surface area contributed by atoms with Gasteiger partial charge in [0.2, 0.25) is 10.0 Å². The van der Waals surface area contributed by atoms with Crippen molar-refractivity contribution in [1.82, 2.24) is 19.7 Å². The third kappa shape index (κ3) is 4.69. The molecule has 0 unspecified atom stereocenters. The van der Waals surface area contributed by atoms with E-state index in [0.717, 1.165) is 5.56 Å². The Kier molecular flexibility index (Phi) is 5.70. The SMILES string of the molecule is CS(=O)(=O)N1CCN(CCNC(=O)c2cc(-c3ccccc3)on2)CC1. The van der Waals surface area contributed by atoms with Crippen molar-refractivity contribution < 1.29 is 17.7 Å². The standard InChI is InChI=1S/C17H22N4O4S/c1-26(23,24)21-11-9-20(10-12-21)8-7-18-17(22)15-13-16(25-19-15)14-5-3-2-4-6-14/h2-6,13H,7-12H2,1H3,(H,18,22). The molecule has 1 fully saturated rings. The summed E-state index contributed by atoms with van der Waals surface area (Å²) in [5, 5.41) is 6.64. The zero-order valence-corrected chi connectivity index (χ0v) is 15.4. The van der Waals surface area contributed by atoms with E-state index in [9.17, 15) is 13.2 Å². The first-order valence-corrected chi connectivity index (χ1v) is 10.3. The highest BCUT2D eigenvalue weighted by Gasteiger charge is 2.23. The van der Waals surface area contributed by atoms with Crippen LogP contribution in [0.5, 0.6) is 0 Å². The van der Waals surface area contributed by atoms with Crippen molar-refractivity contribution in [2.24, 2.45) is 0 Å². The van der Waals surface area contributed by atoms with Crippen molar-refractivity contribution in [3.8, 4) is 11.3 Å². The van der Waals surface area contributed by atoms with Crippen molar-refractivity contribution >= 4 is 15.9 Å². The Morgan fingerprint density at radius 1 is 1.19 bits per heavy atom. The maximum atomic E-state index is 12.2. The third-order valence-electron chi connectivity index (χ3n) is 4.31. The van der Waals surface area contributed by atoms with Crippen LogP contribution in [0.25, 0.3) is 11.3 Å². The topological polar surface area (TPSA) is 95.8 Å². The van der Waals surface area contributed by atoms with E-state index in [-0.39, 0.29) is 11.6 Å². The number of piperazine rings is 1. The number of carbonyl (C=O) groups excluding carboxylic acids is 1. The molecule has 1 amide bonds. The van der Waals surface area contributed by atoms with E-state index in [4.69, 9.17) is 4.52 Å². The summed E-state index contributed by atoms with van der Waals surface area (Å²) < 4.78 is 29.7. The average molecular weight is 378 g/mol. The lowest BCUT2D eigenvalue weighted by molar-refractivity contribution is 0.0936. The van der Waals surface area contributed by atoms with Gasteiger partial charge < -0.3 is 9.84 Å². The summed E-state index contributed by atoms with van der Waals surface area (Å²) in [5.41, 5.74) is 1.11. The molecule has 1 N–H and O–H groups in total. The molecule has 1 saturated heterocycles. The number of benzene rings is 1. The van der Waals surface area contributed by atoms with E-state index in [1.165, 1.54) is 10.6 Å². The smallest absolute Gasteiger partial charge is 0.273 e. The number of sulfonamides is 1. The maximum Gasteiger partial charge on any atom is 0.273 e. The fourth-order valence-electron chi connectivity index (χ4n) is 2.82. The van der Waals surface area contributed by atoms with Crippen LogP contribution in [-0.4, -0.2) is 74.2 Å². The molecular weight excluding hydrogens is 356 g/mol. The van der Waals surface area contributed by atoms with Crippen molar-refractivity contribution in [1.29, 1.82) is 0 Å². The highest BCUT2D eigenvalue weighted by molar-refractivity contribution is 7.88. The predicted octanol–water partition coefficient (Wildman–Crippen LogP) is 0.649. The van der Waals surface area contributed by atoms with E-state index in [1.54, 1.807) is 6.07 Å². The summed E-state index contributed by atoms with van der Waals surface area (Å²) in [6, 6.07) is 11.1. The molecule has 2 aromatic rings. The van der Waals surface area contributed by atoms with Gasteiger partial charge in [-0.15, -0.1) is 0 Å². The Hall–Kier alpha value is -2.23. The van der Waals surface area contributed by atoms with Gasteiger partial charge in [-0.25, -0.2) is 8.42 Å². The lowest BCUT2D eigenvalue weighted by atomic mass is 10.1. The minimum absolute atomic E-state index is 0.241. The molecule has 0 bridgehead atoms. The van der Waals surface area contributed by atoms with Gasteiger partial charge in [0.25, 0.3) is 5.91 Å². The van der Waals surface area contributed by atoms with Crippen LogP contribution in [-0.2, 0) is 10.0 Å². The Morgan fingerprint density at radius 2 is 1.88 bits per heavy atom. The van der Waals surface area contributed by atoms with Crippen LogP contribution in [0.2, 0.25) is 0 Å². The van der Waals surface area contributed by atoms with Gasteiger partial charge in [0.05, 0.1) is 6.26 Å². The van der Waals surface area contributed by atoms with Gasteiger partial charge in [0.1, 0.15) is 0 Å². The van der Waals surface area contributed by atoms with Gasteiger partial charge in [0.15, 0.2) is 11.5 Å². The molecule has 1 aliphatic heterocycles. The van der Waals surface area contributed by atoms with Gasteiger partial charge >= 0.3 is 0 Å². The fraction of sp³-hybridized carbons (Fsp3) is 0.412. The van der Waals surface area contributed by atoms with E-state index < -0.39 is 10.0 Å².